The van der Waals surface area contributed by atoms with Gasteiger partial charge in [0.15, 0.2) is 5.82 Å². The third-order valence-corrected chi connectivity index (χ3v) is 5.54. The summed E-state index contributed by atoms with van der Waals surface area (Å²) in [5.74, 6) is 0.838. The minimum absolute atomic E-state index is 0.203. The molecule has 9 nitrogen and oxygen atoms in total. The van der Waals surface area contributed by atoms with Gasteiger partial charge in [0.05, 0.1) is 24.5 Å². The number of nitrogens with one attached hydrogen (secondary N) is 2. The normalized spacial score (nSPS) is 15.3. The van der Waals surface area contributed by atoms with E-state index in [0.717, 1.165) is 26.1 Å². The number of carbonyl (C=O) groups is 1. The minimum atomic E-state index is -0.597. The summed E-state index contributed by atoms with van der Waals surface area (Å²) in [6, 6.07) is 6.69. The van der Waals surface area contributed by atoms with E-state index >= 15 is 0 Å². The second kappa shape index (κ2) is 10.1. The summed E-state index contributed by atoms with van der Waals surface area (Å²) < 4.78 is 7.06. The average molecular weight is 457 g/mol. The number of rotatable bonds is 7. The van der Waals surface area contributed by atoms with Crippen molar-refractivity contribution < 1.29 is 14.6 Å². The van der Waals surface area contributed by atoms with Crippen molar-refractivity contribution in [3.63, 3.8) is 0 Å². The van der Waals surface area contributed by atoms with Gasteiger partial charge in [-0.15, -0.1) is 0 Å². The zero-order valence-corrected chi connectivity index (χ0v) is 18.4. The smallest absolute Gasteiger partial charge is 0.272 e. The van der Waals surface area contributed by atoms with E-state index in [0.29, 0.717) is 34.0 Å². The standard InChI is InChI=1S/C22H25ClN6O3/c1-14-21(28-20(10-24-14)26-17-5-7-32-8-6-17)29-11-18(25-13-29)22(31)27-19(12-30)15-3-2-4-16(23)9-15/h2-4,9-11,13,17,19,30H,5-8,12H2,1H3,(H,26,28)(H,27,31). The van der Waals surface area contributed by atoms with Crippen LogP contribution in [0.4, 0.5) is 5.82 Å². The van der Waals surface area contributed by atoms with E-state index < -0.39 is 11.9 Å². The molecule has 1 aromatic carbocycles. The summed E-state index contributed by atoms with van der Waals surface area (Å²) in [6.45, 7) is 3.04. The molecule has 0 bridgehead atoms. The maximum atomic E-state index is 12.7. The minimum Gasteiger partial charge on any atom is -0.394 e. The Morgan fingerprint density at radius 2 is 2.16 bits per heavy atom. The maximum absolute atomic E-state index is 12.7. The lowest BCUT2D eigenvalue weighted by molar-refractivity contribution is 0.0903. The number of imidazole rings is 1. The van der Waals surface area contributed by atoms with Gasteiger partial charge >= 0.3 is 0 Å². The molecule has 3 heterocycles. The summed E-state index contributed by atoms with van der Waals surface area (Å²) in [7, 11) is 0. The third kappa shape index (κ3) is 5.24. The van der Waals surface area contributed by atoms with Crippen LogP contribution in [0.2, 0.25) is 5.02 Å². The number of halogens is 1. The topological polar surface area (TPSA) is 114 Å². The van der Waals surface area contributed by atoms with Gasteiger partial charge in [-0.1, -0.05) is 23.7 Å². The molecule has 0 radical (unpaired) electrons. The van der Waals surface area contributed by atoms with Gasteiger partial charge in [-0.2, -0.15) is 0 Å². The second-order valence-electron chi connectivity index (χ2n) is 7.63. The molecule has 10 heteroatoms. The van der Waals surface area contributed by atoms with Crippen LogP contribution in [0.25, 0.3) is 5.82 Å². The molecule has 1 amide bonds. The Bertz CT molecular complexity index is 1080. The van der Waals surface area contributed by atoms with Crippen molar-refractivity contribution in [2.45, 2.75) is 31.8 Å². The highest BCUT2D eigenvalue weighted by atomic mass is 35.5. The largest absolute Gasteiger partial charge is 0.394 e. The van der Waals surface area contributed by atoms with E-state index in [1.807, 2.05) is 6.92 Å². The van der Waals surface area contributed by atoms with Crippen LogP contribution >= 0.6 is 11.6 Å². The van der Waals surface area contributed by atoms with Gasteiger partial charge in [0.1, 0.15) is 17.8 Å². The van der Waals surface area contributed by atoms with Crippen LogP contribution in [0, 0.1) is 6.92 Å². The van der Waals surface area contributed by atoms with E-state index in [2.05, 4.69) is 25.6 Å². The molecule has 168 valence electrons. The molecule has 2 aromatic heterocycles. The molecule has 1 atom stereocenters. The van der Waals surface area contributed by atoms with Crippen LogP contribution in [0.15, 0.2) is 43.0 Å². The van der Waals surface area contributed by atoms with Gasteiger partial charge in [0.25, 0.3) is 5.91 Å². The van der Waals surface area contributed by atoms with E-state index in [4.69, 9.17) is 16.3 Å². The van der Waals surface area contributed by atoms with Crippen LogP contribution in [0.3, 0.4) is 0 Å². The molecule has 1 aliphatic rings. The zero-order valence-electron chi connectivity index (χ0n) is 17.7. The molecular formula is C22H25ClN6O3. The fourth-order valence-electron chi connectivity index (χ4n) is 3.55. The van der Waals surface area contributed by atoms with Crippen molar-refractivity contribution in [3.05, 3.63) is 65.0 Å². The van der Waals surface area contributed by atoms with Crippen LogP contribution < -0.4 is 10.6 Å². The number of aromatic nitrogens is 4. The number of anilines is 1. The predicted molar refractivity (Wildman–Crippen MR) is 120 cm³/mol. The third-order valence-electron chi connectivity index (χ3n) is 5.30. The number of hydrogen-bond acceptors (Lipinski definition) is 7. The number of aliphatic hydroxyl groups is 1. The van der Waals surface area contributed by atoms with Crippen LogP contribution in [-0.4, -0.2) is 56.4 Å². The van der Waals surface area contributed by atoms with Gasteiger partial charge in [-0.25, -0.2) is 9.97 Å². The summed E-state index contributed by atoms with van der Waals surface area (Å²) in [4.78, 5) is 26.1. The first kappa shape index (κ1) is 22.2. The monoisotopic (exact) mass is 456 g/mol. The first-order valence-electron chi connectivity index (χ1n) is 10.4. The number of benzene rings is 1. The van der Waals surface area contributed by atoms with Crippen molar-refractivity contribution in [2.75, 3.05) is 25.1 Å². The lowest BCUT2D eigenvalue weighted by Crippen LogP contribution is -2.31. The Morgan fingerprint density at radius 1 is 1.34 bits per heavy atom. The number of ether oxygens (including phenoxy) is 1. The number of aliphatic hydroxyl groups excluding tert-OH is 1. The quantitative estimate of drug-likeness (QED) is 0.500. The predicted octanol–water partition coefficient (Wildman–Crippen LogP) is 2.68. The number of aryl methyl sites for hydroxylation is 1. The van der Waals surface area contributed by atoms with Crippen molar-refractivity contribution in [3.8, 4) is 5.82 Å². The highest BCUT2D eigenvalue weighted by molar-refractivity contribution is 6.30. The first-order valence-corrected chi connectivity index (χ1v) is 10.8. The summed E-state index contributed by atoms with van der Waals surface area (Å²) in [6.07, 6.45) is 6.65. The molecular weight excluding hydrogens is 432 g/mol. The van der Waals surface area contributed by atoms with Gasteiger partial charge < -0.3 is 20.5 Å². The molecule has 1 fully saturated rings. The fraction of sp³-hybridized carbons (Fsp3) is 0.364. The van der Waals surface area contributed by atoms with Crippen LogP contribution in [0.5, 0.6) is 0 Å². The Balaban J connectivity index is 1.49. The molecule has 3 N–H and O–H groups in total. The SMILES string of the molecule is Cc1ncc(NC2CCOCC2)nc1-n1cnc(C(=O)NC(CO)c2cccc(Cl)c2)c1. The zero-order chi connectivity index (χ0) is 22.5. The van der Waals surface area contributed by atoms with Gasteiger partial charge in [-0.05, 0) is 37.5 Å². The second-order valence-corrected chi connectivity index (χ2v) is 8.06. The van der Waals surface area contributed by atoms with Gasteiger partial charge in [0, 0.05) is 30.5 Å². The van der Waals surface area contributed by atoms with E-state index in [9.17, 15) is 9.90 Å². The molecule has 0 aliphatic carbocycles. The van der Waals surface area contributed by atoms with Crippen molar-refractivity contribution in [1.82, 2.24) is 24.8 Å². The van der Waals surface area contributed by atoms with Gasteiger partial charge in [0.2, 0.25) is 0 Å². The number of nitrogens with zero attached hydrogens (tertiary/aromatic N) is 4. The summed E-state index contributed by atoms with van der Waals surface area (Å²) in [5.41, 5.74) is 1.62. The Morgan fingerprint density at radius 3 is 2.91 bits per heavy atom. The Kier molecular flexibility index (Phi) is 6.99. The molecule has 4 rings (SSSR count). The molecule has 1 saturated heterocycles. The average Bonchev–Trinajstić information content (AvgIpc) is 3.29. The molecule has 32 heavy (non-hydrogen) atoms. The van der Waals surface area contributed by atoms with Gasteiger partial charge in [-0.3, -0.25) is 14.3 Å². The summed E-state index contributed by atoms with van der Waals surface area (Å²) >= 11 is 6.03. The van der Waals surface area contributed by atoms with E-state index in [1.54, 1.807) is 41.2 Å². The van der Waals surface area contributed by atoms with Crippen molar-refractivity contribution in [2.24, 2.45) is 0 Å². The molecule has 1 aliphatic heterocycles. The van der Waals surface area contributed by atoms with E-state index in [1.165, 1.54) is 6.33 Å². The van der Waals surface area contributed by atoms with Crippen molar-refractivity contribution in [1.29, 1.82) is 0 Å². The Labute approximate surface area is 190 Å². The summed E-state index contributed by atoms with van der Waals surface area (Å²) in [5, 5.41) is 16.5. The van der Waals surface area contributed by atoms with Crippen molar-refractivity contribution >= 4 is 23.3 Å². The first-order chi connectivity index (χ1) is 15.5. The highest BCUT2D eigenvalue weighted by Crippen LogP contribution is 2.19. The Hall–Kier alpha value is -3.01. The molecule has 1 unspecified atom stereocenters. The lowest BCUT2D eigenvalue weighted by Gasteiger charge is -2.23. The number of hydrogen-bond donors (Lipinski definition) is 3. The van der Waals surface area contributed by atoms with E-state index in [-0.39, 0.29) is 12.3 Å². The highest BCUT2D eigenvalue weighted by Gasteiger charge is 2.19. The number of carbonyl (C=O) groups excluding carboxylic acids is 1. The van der Waals surface area contributed by atoms with Crippen LogP contribution in [-0.2, 0) is 4.74 Å². The van der Waals surface area contributed by atoms with Crippen LogP contribution in [0.1, 0.15) is 40.6 Å². The lowest BCUT2D eigenvalue weighted by atomic mass is 10.1. The molecule has 0 saturated carbocycles. The molecule has 0 spiro atoms. The maximum Gasteiger partial charge on any atom is 0.272 e. The number of amides is 1. The molecule has 3 aromatic rings. The fourth-order valence-corrected chi connectivity index (χ4v) is 3.75.